The number of hydrogen-bond donors (Lipinski definition) is 1. The lowest BCUT2D eigenvalue weighted by Gasteiger charge is -2.32. The normalized spacial score (nSPS) is 20.5. The van der Waals surface area contributed by atoms with Gasteiger partial charge in [-0.15, -0.1) is 0 Å². The van der Waals surface area contributed by atoms with Crippen LogP contribution in [-0.2, 0) is 14.3 Å². The summed E-state index contributed by atoms with van der Waals surface area (Å²) >= 11 is 5.69. The first kappa shape index (κ1) is 18.6. The molecule has 2 amide bonds. The molecule has 2 rings (SSSR count). The van der Waals surface area contributed by atoms with Gasteiger partial charge in [0.25, 0.3) is 5.91 Å². The summed E-state index contributed by atoms with van der Waals surface area (Å²) in [4.78, 5) is 25.3. The first-order valence-electron chi connectivity index (χ1n) is 7.54. The Morgan fingerprint density at radius 1 is 1.46 bits per heavy atom. The van der Waals surface area contributed by atoms with Crippen LogP contribution in [-0.4, -0.2) is 62.8 Å². The number of amides is 2. The van der Waals surface area contributed by atoms with Gasteiger partial charge >= 0.3 is 0 Å². The van der Waals surface area contributed by atoms with Crippen LogP contribution in [0.1, 0.15) is 16.8 Å². The van der Waals surface area contributed by atoms with E-state index >= 15 is 0 Å². The molecule has 6 nitrogen and oxygen atoms in total. The van der Waals surface area contributed by atoms with E-state index in [0.29, 0.717) is 13.0 Å². The first-order valence-corrected chi connectivity index (χ1v) is 7.91. The SMILES string of the molecule is CN(C)C(=O)CO[C@H]1CCOC[C@H]1NC(=O)c1ccc(Cl)cc1F. The summed E-state index contributed by atoms with van der Waals surface area (Å²) in [5, 5.41) is 2.92. The topological polar surface area (TPSA) is 67.9 Å². The van der Waals surface area contributed by atoms with Crippen LogP contribution in [0.5, 0.6) is 0 Å². The number of hydrogen-bond acceptors (Lipinski definition) is 4. The van der Waals surface area contributed by atoms with E-state index in [1.807, 2.05) is 0 Å². The third kappa shape index (κ3) is 4.90. The summed E-state index contributed by atoms with van der Waals surface area (Å²) in [5.74, 6) is -1.44. The number of likely N-dealkylation sites (N-methyl/N-ethyl adjacent to an activating group) is 1. The molecule has 24 heavy (non-hydrogen) atoms. The smallest absolute Gasteiger partial charge is 0.254 e. The molecule has 8 heteroatoms. The molecule has 2 atom stereocenters. The number of benzene rings is 1. The minimum absolute atomic E-state index is 0.0840. The highest BCUT2D eigenvalue weighted by Gasteiger charge is 2.29. The molecular weight excluding hydrogens is 339 g/mol. The number of halogens is 2. The minimum Gasteiger partial charge on any atom is -0.379 e. The van der Waals surface area contributed by atoms with E-state index in [2.05, 4.69) is 5.32 Å². The average molecular weight is 359 g/mol. The van der Waals surface area contributed by atoms with Crippen LogP contribution in [0.2, 0.25) is 5.02 Å². The minimum atomic E-state index is -0.697. The third-order valence-electron chi connectivity index (χ3n) is 3.70. The number of nitrogens with zero attached hydrogens (tertiary/aromatic N) is 1. The van der Waals surface area contributed by atoms with Crippen LogP contribution in [0.4, 0.5) is 4.39 Å². The second-order valence-corrected chi connectivity index (χ2v) is 6.14. The van der Waals surface area contributed by atoms with Gasteiger partial charge in [0.15, 0.2) is 0 Å². The van der Waals surface area contributed by atoms with Crippen LogP contribution < -0.4 is 5.32 Å². The standard InChI is InChI=1S/C16H20ClFN2O4/c1-20(2)15(21)9-24-14-5-6-23-8-13(14)19-16(22)11-4-3-10(17)7-12(11)18/h3-4,7,13-14H,5-6,8-9H2,1-2H3,(H,19,22)/t13-,14+/m1/s1. The largest absolute Gasteiger partial charge is 0.379 e. The summed E-state index contributed by atoms with van der Waals surface area (Å²) < 4.78 is 24.8. The fourth-order valence-corrected chi connectivity index (χ4v) is 2.44. The van der Waals surface area contributed by atoms with Crippen molar-refractivity contribution in [1.29, 1.82) is 0 Å². The lowest BCUT2D eigenvalue weighted by molar-refractivity contribution is -0.138. The molecule has 1 aliphatic rings. The highest BCUT2D eigenvalue weighted by Crippen LogP contribution is 2.17. The second-order valence-electron chi connectivity index (χ2n) is 5.71. The molecule has 0 aliphatic carbocycles. The molecule has 1 aromatic carbocycles. The fourth-order valence-electron chi connectivity index (χ4n) is 2.28. The number of rotatable bonds is 5. The van der Waals surface area contributed by atoms with Crippen molar-refractivity contribution in [1.82, 2.24) is 10.2 Å². The number of ether oxygens (including phenoxy) is 2. The van der Waals surface area contributed by atoms with Crippen LogP contribution >= 0.6 is 11.6 Å². The van der Waals surface area contributed by atoms with E-state index in [-0.39, 0.29) is 35.8 Å². The van der Waals surface area contributed by atoms with Crippen molar-refractivity contribution >= 4 is 23.4 Å². The second kappa shape index (κ2) is 8.41. The Morgan fingerprint density at radius 3 is 2.88 bits per heavy atom. The van der Waals surface area contributed by atoms with Crippen molar-refractivity contribution in [3.05, 3.63) is 34.6 Å². The van der Waals surface area contributed by atoms with Crippen molar-refractivity contribution in [3.8, 4) is 0 Å². The number of carbonyl (C=O) groups is 2. The van der Waals surface area contributed by atoms with Gasteiger partial charge in [-0.3, -0.25) is 9.59 Å². The lowest BCUT2D eigenvalue weighted by atomic mass is 10.1. The van der Waals surface area contributed by atoms with Gasteiger partial charge in [-0.1, -0.05) is 11.6 Å². The summed E-state index contributed by atoms with van der Waals surface area (Å²) in [6.45, 7) is 0.629. The molecule has 0 radical (unpaired) electrons. The third-order valence-corrected chi connectivity index (χ3v) is 3.94. The van der Waals surface area contributed by atoms with Crippen LogP contribution in [0.3, 0.4) is 0 Å². The molecule has 1 N–H and O–H groups in total. The Kier molecular flexibility index (Phi) is 6.53. The van der Waals surface area contributed by atoms with E-state index in [1.54, 1.807) is 14.1 Å². The Hall–Kier alpha value is -1.70. The van der Waals surface area contributed by atoms with Gasteiger partial charge in [-0.05, 0) is 24.6 Å². The van der Waals surface area contributed by atoms with Crippen molar-refractivity contribution in [2.75, 3.05) is 33.9 Å². The number of carbonyl (C=O) groups excluding carboxylic acids is 2. The maximum atomic E-state index is 13.8. The Balaban J connectivity index is 1.99. The zero-order chi connectivity index (χ0) is 17.7. The summed E-state index contributed by atoms with van der Waals surface area (Å²) in [7, 11) is 3.27. The predicted octanol–water partition coefficient (Wildman–Crippen LogP) is 1.47. The monoisotopic (exact) mass is 358 g/mol. The molecule has 0 bridgehead atoms. The van der Waals surface area contributed by atoms with Gasteiger partial charge in [0.05, 0.1) is 24.3 Å². The summed E-state index contributed by atoms with van der Waals surface area (Å²) in [5.41, 5.74) is -0.104. The molecule has 0 saturated carbocycles. The van der Waals surface area contributed by atoms with Crippen molar-refractivity contribution in [2.24, 2.45) is 0 Å². The zero-order valence-electron chi connectivity index (χ0n) is 13.6. The van der Waals surface area contributed by atoms with E-state index < -0.39 is 17.8 Å². The van der Waals surface area contributed by atoms with Gasteiger partial charge < -0.3 is 19.7 Å². The highest BCUT2D eigenvalue weighted by molar-refractivity contribution is 6.30. The van der Waals surface area contributed by atoms with Gasteiger partial charge in [-0.2, -0.15) is 0 Å². The molecule has 1 fully saturated rings. The molecule has 1 aliphatic heterocycles. The molecular formula is C16H20ClFN2O4. The Labute approximate surface area is 144 Å². The van der Waals surface area contributed by atoms with Gasteiger partial charge in [-0.25, -0.2) is 4.39 Å². The quantitative estimate of drug-likeness (QED) is 0.865. The van der Waals surface area contributed by atoms with Crippen molar-refractivity contribution in [3.63, 3.8) is 0 Å². The van der Waals surface area contributed by atoms with Crippen LogP contribution in [0.25, 0.3) is 0 Å². The molecule has 1 aromatic rings. The first-order chi connectivity index (χ1) is 11.4. The maximum Gasteiger partial charge on any atom is 0.254 e. The summed E-state index contributed by atoms with van der Waals surface area (Å²) in [6, 6.07) is 3.39. The Morgan fingerprint density at radius 2 is 2.21 bits per heavy atom. The highest BCUT2D eigenvalue weighted by atomic mass is 35.5. The number of nitrogens with one attached hydrogen (secondary N) is 1. The van der Waals surface area contributed by atoms with Gasteiger partial charge in [0.2, 0.25) is 5.91 Å². The van der Waals surface area contributed by atoms with Crippen molar-refractivity contribution < 1.29 is 23.5 Å². The Bertz CT molecular complexity index is 612. The molecule has 0 aromatic heterocycles. The fraction of sp³-hybridized carbons (Fsp3) is 0.500. The predicted molar refractivity (Wildman–Crippen MR) is 86.5 cm³/mol. The van der Waals surface area contributed by atoms with Crippen LogP contribution in [0.15, 0.2) is 18.2 Å². The van der Waals surface area contributed by atoms with Gasteiger partial charge in [0.1, 0.15) is 12.4 Å². The van der Waals surface area contributed by atoms with E-state index in [1.165, 1.54) is 17.0 Å². The summed E-state index contributed by atoms with van der Waals surface area (Å²) in [6.07, 6.45) is 0.163. The van der Waals surface area contributed by atoms with E-state index in [4.69, 9.17) is 21.1 Å². The maximum absolute atomic E-state index is 13.8. The molecule has 0 spiro atoms. The molecule has 1 saturated heterocycles. The zero-order valence-corrected chi connectivity index (χ0v) is 14.3. The lowest BCUT2D eigenvalue weighted by Crippen LogP contribution is -2.51. The van der Waals surface area contributed by atoms with Crippen molar-refractivity contribution in [2.45, 2.75) is 18.6 Å². The van der Waals surface area contributed by atoms with Gasteiger partial charge in [0, 0.05) is 25.7 Å². The average Bonchev–Trinajstić information content (AvgIpc) is 2.53. The van der Waals surface area contributed by atoms with Crippen LogP contribution in [0, 0.1) is 5.82 Å². The molecule has 1 heterocycles. The molecule has 0 unspecified atom stereocenters. The molecule has 132 valence electrons. The van der Waals surface area contributed by atoms with E-state index in [9.17, 15) is 14.0 Å². The van der Waals surface area contributed by atoms with E-state index in [0.717, 1.165) is 6.07 Å².